The highest BCUT2D eigenvalue weighted by Crippen LogP contribution is 2.37. The van der Waals surface area contributed by atoms with Gasteiger partial charge in [0.05, 0.1) is 12.1 Å². The predicted molar refractivity (Wildman–Crippen MR) is 113 cm³/mol. The molecule has 2 rings (SSSR count). The second-order valence-electron chi connectivity index (χ2n) is 7.02. The van der Waals surface area contributed by atoms with E-state index in [1.54, 1.807) is 12.2 Å². The third-order valence-corrected chi connectivity index (χ3v) is 4.67. The molecule has 0 heterocycles. The smallest absolute Gasteiger partial charge is 0.307 e. The highest BCUT2D eigenvalue weighted by atomic mass is 16.4. The van der Waals surface area contributed by atoms with Crippen LogP contribution in [0.25, 0.3) is 6.08 Å². The molecular weight excluding hydrogens is 336 g/mol. The van der Waals surface area contributed by atoms with E-state index in [9.17, 15) is 4.79 Å². The Morgan fingerprint density at radius 2 is 2.07 bits per heavy atom. The minimum absolute atomic E-state index is 0.0400. The fourth-order valence-corrected chi connectivity index (χ4v) is 3.09. The molecule has 0 atom stereocenters. The summed E-state index contributed by atoms with van der Waals surface area (Å²) in [5, 5.41) is 8.88. The van der Waals surface area contributed by atoms with Crippen LogP contribution in [-0.2, 0) is 11.2 Å². The van der Waals surface area contributed by atoms with Crippen LogP contribution in [0.15, 0.2) is 47.0 Å². The van der Waals surface area contributed by atoms with Crippen LogP contribution in [0.1, 0.15) is 56.2 Å². The number of nitrogens with zero attached hydrogens (tertiary/aromatic N) is 1. The van der Waals surface area contributed by atoms with Gasteiger partial charge in [0.15, 0.2) is 0 Å². The first-order chi connectivity index (χ1) is 12.9. The Morgan fingerprint density at radius 1 is 1.33 bits per heavy atom. The molecule has 0 amide bonds. The first-order valence-corrected chi connectivity index (χ1v) is 9.64. The van der Waals surface area contributed by atoms with Crippen LogP contribution in [-0.4, -0.2) is 16.9 Å². The number of benzene rings is 1. The van der Waals surface area contributed by atoms with Gasteiger partial charge in [0, 0.05) is 0 Å². The van der Waals surface area contributed by atoms with E-state index in [1.165, 1.54) is 16.7 Å². The minimum atomic E-state index is -0.817. The lowest BCUT2D eigenvalue weighted by atomic mass is 9.97. The van der Waals surface area contributed by atoms with Crippen LogP contribution >= 0.6 is 0 Å². The summed E-state index contributed by atoms with van der Waals surface area (Å²) in [5.74, 6) is 0.0719. The van der Waals surface area contributed by atoms with E-state index in [1.807, 2.05) is 19.1 Å². The fourth-order valence-electron chi connectivity index (χ4n) is 3.09. The second-order valence-corrected chi connectivity index (χ2v) is 7.02. The maximum atomic E-state index is 10.8. The van der Waals surface area contributed by atoms with E-state index < -0.39 is 5.97 Å². The molecule has 0 radical (unpaired) electrons. The van der Waals surface area contributed by atoms with Crippen molar-refractivity contribution in [2.75, 3.05) is 0 Å². The lowest BCUT2D eigenvalue weighted by molar-refractivity contribution is -0.136. The molecule has 3 N–H and O–H groups in total. The SMILES string of the molecule is C/C=C\c1cc(N=C(N)/C=C\C(=CCC(=O)O)C2CC2)cc(CCC)c1C. The van der Waals surface area contributed by atoms with Crippen molar-refractivity contribution in [3.63, 3.8) is 0 Å². The van der Waals surface area contributed by atoms with Gasteiger partial charge in [-0.2, -0.15) is 0 Å². The number of hydrogen-bond acceptors (Lipinski definition) is 2. The van der Waals surface area contributed by atoms with E-state index >= 15 is 0 Å². The summed E-state index contributed by atoms with van der Waals surface area (Å²) in [6.45, 7) is 6.33. The molecular formula is C23H30N2O2. The Morgan fingerprint density at radius 3 is 2.67 bits per heavy atom. The summed E-state index contributed by atoms with van der Waals surface area (Å²) >= 11 is 0. The Hall–Kier alpha value is -2.62. The number of carboxylic acid groups (broad SMARTS) is 1. The summed E-state index contributed by atoms with van der Waals surface area (Å²) < 4.78 is 0. The highest BCUT2D eigenvalue weighted by molar-refractivity contribution is 5.94. The van der Waals surface area contributed by atoms with Gasteiger partial charge in [-0.1, -0.05) is 37.6 Å². The molecule has 0 saturated heterocycles. The maximum absolute atomic E-state index is 10.8. The van der Waals surface area contributed by atoms with Gasteiger partial charge in [-0.05, 0) is 79.5 Å². The lowest BCUT2D eigenvalue weighted by Gasteiger charge is -2.10. The number of nitrogens with two attached hydrogens (primary N) is 1. The molecule has 1 saturated carbocycles. The quantitative estimate of drug-likeness (QED) is 0.352. The van der Waals surface area contributed by atoms with Crippen molar-refractivity contribution >= 4 is 23.6 Å². The summed E-state index contributed by atoms with van der Waals surface area (Å²) in [4.78, 5) is 15.4. The van der Waals surface area contributed by atoms with E-state index in [2.05, 4.69) is 37.0 Å². The third kappa shape index (κ3) is 6.55. The second kappa shape index (κ2) is 9.91. The molecule has 1 aliphatic carbocycles. The van der Waals surface area contributed by atoms with Gasteiger partial charge in [0.2, 0.25) is 0 Å². The summed E-state index contributed by atoms with van der Waals surface area (Å²) in [7, 11) is 0. The van der Waals surface area contributed by atoms with Crippen molar-refractivity contribution in [3.8, 4) is 0 Å². The van der Waals surface area contributed by atoms with Crippen molar-refractivity contribution in [1.29, 1.82) is 0 Å². The van der Waals surface area contributed by atoms with Crippen LogP contribution in [0.5, 0.6) is 0 Å². The molecule has 27 heavy (non-hydrogen) atoms. The van der Waals surface area contributed by atoms with Crippen LogP contribution in [0, 0.1) is 12.8 Å². The Bertz CT molecular complexity index is 797. The molecule has 0 aromatic heterocycles. The summed E-state index contributed by atoms with van der Waals surface area (Å²) in [5.41, 5.74) is 11.8. The van der Waals surface area contributed by atoms with Gasteiger partial charge in [-0.25, -0.2) is 4.99 Å². The average Bonchev–Trinajstić information content (AvgIpc) is 3.44. The number of aliphatic imine (C=N–C) groups is 1. The number of aryl methyl sites for hydroxylation is 1. The number of carbonyl (C=O) groups is 1. The number of aliphatic carboxylic acids is 1. The fraction of sp³-hybridized carbons (Fsp3) is 0.391. The van der Waals surface area contributed by atoms with Crippen molar-refractivity contribution in [3.05, 3.63) is 58.7 Å². The number of amidine groups is 1. The number of carboxylic acids is 1. The van der Waals surface area contributed by atoms with Crippen LogP contribution in [0.2, 0.25) is 0 Å². The zero-order chi connectivity index (χ0) is 19.8. The Labute approximate surface area is 162 Å². The van der Waals surface area contributed by atoms with Gasteiger partial charge < -0.3 is 10.8 Å². The zero-order valence-electron chi connectivity index (χ0n) is 16.5. The number of rotatable bonds is 9. The van der Waals surface area contributed by atoms with Gasteiger partial charge in [-0.15, -0.1) is 0 Å². The molecule has 144 valence electrons. The first-order valence-electron chi connectivity index (χ1n) is 9.64. The molecule has 0 unspecified atom stereocenters. The van der Waals surface area contributed by atoms with Crippen LogP contribution < -0.4 is 5.73 Å². The third-order valence-electron chi connectivity index (χ3n) is 4.67. The standard InChI is InChI=1S/C23H30N2O2/c1-4-6-19-14-21(15-20(7-5-2)16(19)3)25-22(24)12-10-18(17-8-9-17)11-13-23(26)27/h4,6,10-12,14-15,17H,5,7-9,13H2,1-3H3,(H2,24,25)(H,26,27)/b6-4-,12-10-,18-11?. The minimum Gasteiger partial charge on any atom is -0.481 e. The molecule has 1 aromatic carbocycles. The Kier molecular flexibility index (Phi) is 7.59. The topological polar surface area (TPSA) is 75.7 Å². The summed E-state index contributed by atoms with van der Waals surface area (Å²) in [6.07, 6.45) is 13.9. The molecule has 0 bridgehead atoms. The van der Waals surface area contributed by atoms with Crippen molar-refractivity contribution in [1.82, 2.24) is 0 Å². The van der Waals surface area contributed by atoms with Gasteiger partial charge in [0.1, 0.15) is 5.84 Å². The van der Waals surface area contributed by atoms with E-state index in [-0.39, 0.29) is 6.42 Å². The molecule has 1 aliphatic rings. The van der Waals surface area contributed by atoms with Gasteiger partial charge in [-0.3, -0.25) is 4.79 Å². The van der Waals surface area contributed by atoms with Crippen LogP contribution in [0.3, 0.4) is 0 Å². The first kappa shape index (κ1) is 20.7. The Balaban J connectivity index is 2.25. The van der Waals surface area contributed by atoms with Crippen molar-refractivity contribution in [2.45, 2.75) is 52.9 Å². The molecule has 4 nitrogen and oxygen atoms in total. The van der Waals surface area contributed by atoms with E-state index in [0.29, 0.717) is 11.8 Å². The van der Waals surface area contributed by atoms with Crippen LogP contribution in [0.4, 0.5) is 5.69 Å². The molecule has 0 spiro atoms. The molecule has 1 aromatic rings. The molecule has 1 fully saturated rings. The number of hydrogen-bond donors (Lipinski definition) is 2. The maximum Gasteiger partial charge on any atom is 0.307 e. The highest BCUT2D eigenvalue weighted by Gasteiger charge is 2.24. The predicted octanol–water partition coefficient (Wildman–Crippen LogP) is 5.34. The lowest BCUT2D eigenvalue weighted by Crippen LogP contribution is -2.07. The van der Waals surface area contributed by atoms with Crippen molar-refractivity contribution in [2.24, 2.45) is 16.6 Å². The average molecular weight is 367 g/mol. The van der Waals surface area contributed by atoms with Crippen molar-refractivity contribution < 1.29 is 9.90 Å². The number of allylic oxidation sites excluding steroid dienone is 3. The van der Waals surface area contributed by atoms with Gasteiger partial charge in [0.25, 0.3) is 0 Å². The molecule has 0 aliphatic heterocycles. The largest absolute Gasteiger partial charge is 0.481 e. The van der Waals surface area contributed by atoms with Gasteiger partial charge >= 0.3 is 5.97 Å². The van der Waals surface area contributed by atoms with E-state index in [4.69, 9.17) is 10.8 Å². The zero-order valence-corrected chi connectivity index (χ0v) is 16.5. The molecule has 4 heteroatoms. The summed E-state index contributed by atoms with van der Waals surface area (Å²) in [6, 6.07) is 4.16. The monoisotopic (exact) mass is 366 g/mol. The normalized spacial score (nSPS) is 15.8. The van der Waals surface area contributed by atoms with E-state index in [0.717, 1.165) is 36.9 Å².